The Morgan fingerprint density at radius 3 is 2.76 bits per heavy atom. The average Bonchev–Trinajstić information content (AvgIpc) is 3.34. The predicted molar refractivity (Wildman–Crippen MR) is 94.7 cm³/mol. The van der Waals surface area contributed by atoms with Gasteiger partial charge in [-0.2, -0.15) is 0 Å². The van der Waals surface area contributed by atoms with Gasteiger partial charge >= 0.3 is 6.03 Å². The van der Waals surface area contributed by atoms with Crippen LogP contribution in [0.3, 0.4) is 0 Å². The number of amides is 3. The first-order valence-electron chi connectivity index (χ1n) is 8.33. The minimum absolute atomic E-state index is 0.0610. The first kappa shape index (κ1) is 16.1. The van der Waals surface area contributed by atoms with E-state index < -0.39 is 5.25 Å². The van der Waals surface area contributed by atoms with Crippen LogP contribution in [0.25, 0.3) is 10.9 Å². The summed E-state index contributed by atoms with van der Waals surface area (Å²) in [6.07, 6.45) is 1.90. The van der Waals surface area contributed by atoms with Crippen molar-refractivity contribution in [2.45, 2.75) is 36.2 Å². The van der Waals surface area contributed by atoms with E-state index in [-0.39, 0.29) is 23.5 Å². The number of aromatic nitrogens is 2. The molecule has 1 aromatic carbocycles. The molecule has 2 aliphatic rings. The zero-order valence-corrected chi connectivity index (χ0v) is 14.6. The lowest BCUT2D eigenvalue weighted by atomic mass is 10.2. The fraction of sp³-hybridized carbons (Fsp3) is 0.412. The smallest absolute Gasteiger partial charge is 0.324 e. The monoisotopic (exact) mass is 358 g/mol. The molecule has 1 unspecified atom stereocenters. The fourth-order valence-electron chi connectivity index (χ4n) is 2.97. The average molecular weight is 358 g/mol. The molecule has 1 atom stereocenters. The van der Waals surface area contributed by atoms with E-state index >= 15 is 0 Å². The van der Waals surface area contributed by atoms with Gasteiger partial charge in [0.1, 0.15) is 0 Å². The van der Waals surface area contributed by atoms with Crippen molar-refractivity contribution in [2.75, 3.05) is 13.1 Å². The molecule has 1 N–H and O–H groups in total. The minimum atomic E-state index is -0.498. The van der Waals surface area contributed by atoms with E-state index in [1.54, 1.807) is 23.6 Å². The lowest BCUT2D eigenvalue weighted by molar-refractivity contribution is -0.126. The number of hydrogen-bond donors (Lipinski definition) is 1. The lowest BCUT2D eigenvalue weighted by Gasteiger charge is -2.19. The first-order chi connectivity index (χ1) is 12.1. The van der Waals surface area contributed by atoms with Gasteiger partial charge in [0.05, 0.1) is 16.2 Å². The summed E-state index contributed by atoms with van der Waals surface area (Å²) in [7, 11) is 0. The summed E-state index contributed by atoms with van der Waals surface area (Å²) in [6, 6.07) is 7.05. The Labute approximate surface area is 148 Å². The zero-order valence-electron chi connectivity index (χ0n) is 13.8. The van der Waals surface area contributed by atoms with Gasteiger partial charge in [-0.05, 0) is 31.9 Å². The molecule has 7 nitrogen and oxygen atoms in total. The van der Waals surface area contributed by atoms with Gasteiger partial charge in [-0.15, -0.1) is 0 Å². The molecule has 2 heterocycles. The van der Waals surface area contributed by atoms with Crippen LogP contribution in [0.5, 0.6) is 0 Å². The van der Waals surface area contributed by atoms with Gasteiger partial charge in [-0.3, -0.25) is 19.1 Å². The summed E-state index contributed by atoms with van der Waals surface area (Å²) < 4.78 is 1.71. The third-order valence-corrected chi connectivity index (χ3v) is 5.49. The molecule has 1 aliphatic carbocycles. The number of imide groups is 1. The number of hydrogen-bond acceptors (Lipinski definition) is 5. The van der Waals surface area contributed by atoms with Crippen LogP contribution in [0.2, 0.25) is 0 Å². The molecule has 1 saturated carbocycles. The van der Waals surface area contributed by atoms with Crippen molar-refractivity contribution in [3.05, 3.63) is 34.6 Å². The number of nitrogens with one attached hydrogen (secondary N) is 1. The third kappa shape index (κ3) is 2.90. The first-order valence-corrected chi connectivity index (χ1v) is 9.21. The quantitative estimate of drug-likeness (QED) is 0.665. The van der Waals surface area contributed by atoms with Crippen LogP contribution < -0.4 is 10.9 Å². The van der Waals surface area contributed by atoms with Gasteiger partial charge in [-0.1, -0.05) is 23.9 Å². The maximum absolute atomic E-state index is 12.8. The van der Waals surface area contributed by atoms with Crippen LogP contribution in [-0.2, 0) is 4.79 Å². The fourth-order valence-corrected chi connectivity index (χ4v) is 4.01. The topological polar surface area (TPSA) is 84.3 Å². The Bertz CT molecular complexity index is 922. The summed E-state index contributed by atoms with van der Waals surface area (Å²) in [5.74, 6) is -0.259. The molecule has 25 heavy (non-hydrogen) atoms. The van der Waals surface area contributed by atoms with E-state index in [2.05, 4.69) is 10.3 Å². The highest BCUT2D eigenvalue weighted by Gasteiger charge is 2.33. The molecule has 2 aromatic rings. The Balaban J connectivity index is 1.68. The SMILES string of the molecule is CC(Sc1nc2ccccc2c(=O)n1C1CC1)C(=O)N1CCNC1=O. The van der Waals surface area contributed by atoms with Gasteiger partial charge < -0.3 is 5.32 Å². The molecule has 0 bridgehead atoms. The highest BCUT2D eigenvalue weighted by molar-refractivity contribution is 8.00. The van der Waals surface area contributed by atoms with Crippen molar-refractivity contribution in [1.29, 1.82) is 0 Å². The largest absolute Gasteiger partial charge is 0.336 e. The number of nitrogens with zero attached hydrogens (tertiary/aromatic N) is 3. The van der Waals surface area contributed by atoms with Crippen LogP contribution in [0.1, 0.15) is 25.8 Å². The molecular formula is C17H18N4O3S. The van der Waals surface area contributed by atoms with Crippen molar-refractivity contribution in [2.24, 2.45) is 0 Å². The molecule has 1 aliphatic heterocycles. The maximum Gasteiger partial charge on any atom is 0.324 e. The van der Waals surface area contributed by atoms with Gasteiger partial charge in [-0.25, -0.2) is 9.78 Å². The van der Waals surface area contributed by atoms with Crippen molar-refractivity contribution in [3.8, 4) is 0 Å². The van der Waals surface area contributed by atoms with Crippen LogP contribution in [0.4, 0.5) is 4.79 Å². The Morgan fingerprint density at radius 2 is 2.08 bits per heavy atom. The van der Waals surface area contributed by atoms with Gasteiger partial charge in [0, 0.05) is 19.1 Å². The summed E-state index contributed by atoms with van der Waals surface area (Å²) in [5, 5.41) is 3.27. The summed E-state index contributed by atoms with van der Waals surface area (Å²) in [6.45, 7) is 2.60. The summed E-state index contributed by atoms with van der Waals surface area (Å²) in [4.78, 5) is 42.9. The van der Waals surface area contributed by atoms with Crippen molar-refractivity contribution >= 4 is 34.6 Å². The Hall–Kier alpha value is -2.35. The van der Waals surface area contributed by atoms with E-state index in [9.17, 15) is 14.4 Å². The van der Waals surface area contributed by atoms with E-state index in [0.717, 1.165) is 12.8 Å². The molecular weight excluding hydrogens is 340 g/mol. The van der Waals surface area contributed by atoms with E-state index in [0.29, 0.717) is 29.1 Å². The second kappa shape index (κ2) is 6.18. The number of benzene rings is 1. The standard InChI is InChI=1S/C17H18N4O3S/c1-10(14(22)20-9-8-18-16(20)24)25-17-19-13-5-3-2-4-12(13)15(23)21(17)11-6-7-11/h2-5,10-11H,6-9H2,1H3,(H,18,24). The predicted octanol–water partition coefficient (Wildman–Crippen LogP) is 1.76. The van der Waals surface area contributed by atoms with Gasteiger partial charge in [0.15, 0.2) is 5.16 Å². The molecule has 130 valence electrons. The molecule has 0 spiro atoms. The number of thioether (sulfide) groups is 1. The molecule has 2 fully saturated rings. The molecule has 1 aromatic heterocycles. The van der Waals surface area contributed by atoms with E-state index in [4.69, 9.17) is 0 Å². The second-order valence-corrected chi connectivity index (χ2v) is 7.61. The lowest BCUT2D eigenvalue weighted by Crippen LogP contribution is -2.39. The number of urea groups is 1. The Morgan fingerprint density at radius 1 is 1.32 bits per heavy atom. The third-order valence-electron chi connectivity index (χ3n) is 4.44. The summed E-state index contributed by atoms with van der Waals surface area (Å²) >= 11 is 1.25. The van der Waals surface area contributed by atoms with Crippen LogP contribution in [-0.4, -0.2) is 44.7 Å². The van der Waals surface area contributed by atoms with Gasteiger partial charge in [0.2, 0.25) is 5.91 Å². The molecule has 4 rings (SSSR count). The number of fused-ring (bicyclic) bond motifs is 1. The van der Waals surface area contributed by atoms with Crippen molar-refractivity contribution in [3.63, 3.8) is 0 Å². The van der Waals surface area contributed by atoms with Crippen molar-refractivity contribution < 1.29 is 9.59 Å². The van der Waals surface area contributed by atoms with Crippen LogP contribution in [0.15, 0.2) is 34.2 Å². The van der Waals surface area contributed by atoms with Crippen molar-refractivity contribution in [1.82, 2.24) is 19.8 Å². The second-order valence-electron chi connectivity index (χ2n) is 6.30. The van der Waals surface area contributed by atoms with Gasteiger partial charge in [0.25, 0.3) is 5.56 Å². The number of rotatable bonds is 4. The van der Waals surface area contributed by atoms with E-state index in [1.165, 1.54) is 16.7 Å². The summed E-state index contributed by atoms with van der Waals surface area (Å²) in [5.41, 5.74) is 0.569. The number of para-hydroxylation sites is 1. The highest BCUT2D eigenvalue weighted by Crippen LogP contribution is 2.37. The molecule has 8 heteroatoms. The highest BCUT2D eigenvalue weighted by atomic mass is 32.2. The van der Waals surface area contributed by atoms with E-state index in [1.807, 2.05) is 12.1 Å². The number of carbonyl (C=O) groups excluding carboxylic acids is 2. The van der Waals surface area contributed by atoms with Crippen LogP contribution in [0, 0.1) is 0 Å². The minimum Gasteiger partial charge on any atom is -0.336 e. The normalized spacial score (nSPS) is 18.4. The Kier molecular flexibility index (Phi) is 3.99. The molecule has 3 amide bonds. The zero-order chi connectivity index (χ0) is 17.6. The van der Waals surface area contributed by atoms with Crippen LogP contribution >= 0.6 is 11.8 Å². The maximum atomic E-state index is 12.8. The number of carbonyl (C=O) groups is 2. The molecule has 1 saturated heterocycles. The molecule has 0 radical (unpaired) electrons.